The Labute approximate surface area is 92.7 Å². The van der Waals surface area contributed by atoms with Gasteiger partial charge in [-0.05, 0) is 12.0 Å². The molecule has 1 aromatic rings. The van der Waals surface area contributed by atoms with Gasteiger partial charge in [0.05, 0.1) is 13.3 Å². The Kier molecular flexibility index (Phi) is 3.38. The minimum absolute atomic E-state index is 0.0932. The Morgan fingerprint density at radius 2 is 1.87 bits per heavy atom. The molecule has 0 saturated carbocycles. The van der Waals surface area contributed by atoms with Crippen molar-refractivity contribution < 1.29 is 4.74 Å². The van der Waals surface area contributed by atoms with Crippen LogP contribution in [0.15, 0.2) is 12.3 Å². The van der Waals surface area contributed by atoms with E-state index in [4.69, 9.17) is 4.74 Å². The molecule has 0 spiro atoms. The van der Waals surface area contributed by atoms with E-state index in [1.54, 1.807) is 7.11 Å². The number of methoxy groups -OCH3 is 1. The summed E-state index contributed by atoms with van der Waals surface area (Å²) in [6.07, 6.45) is 1.83. The van der Waals surface area contributed by atoms with Crippen LogP contribution < -0.4 is 4.74 Å². The molecular weight excluding hydrogens is 186 g/mol. The third kappa shape index (κ3) is 2.71. The van der Waals surface area contributed by atoms with E-state index in [1.165, 1.54) is 5.56 Å². The predicted molar refractivity (Wildman–Crippen MR) is 63.6 cm³/mol. The minimum atomic E-state index is 0.0932. The first kappa shape index (κ1) is 12.0. The van der Waals surface area contributed by atoms with Crippen molar-refractivity contribution in [3.63, 3.8) is 0 Å². The second-order valence-electron chi connectivity index (χ2n) is 5.22. The number of nitrogens with zero attached hydrogens (tertiary/aromatic N) is 1. The van der Waals surface area contributed by atoms with Gasteiger partial charge in [-0.25, -0.2) is 0 Å². The smallest absolute Gasteiger partial charge is 0.140 e. The van der Waals surface area contributed by atoms with Gasteiger partial charge in [0.2, 0.25) is 0 Å². The minimum Gasteiger partial charge on any atom is -0.495 e. The monoisotopic (exact) mass is 207 g/mol. The van der Waals surface area contributed by atoms with Crippen molar-refractivity contribution >= 4 is 0 Å². The highest BCUT2D eigenvalue weighted by molar-refractivity contribution is 5.36. The van der Waals surface area contributed by atoms with Gasteiger partial charge in [-0.15, -0.1) is 0 Å². The van der Waals surface area contributed by atoms with Crippen LogP contribution in [0.5, 0.6) is 5.75 Å². The molecule has 0 aliphatic heterocycles. The lowest BCUT2D eigenvalue weighted by molar-refractivity contribution is 0.403. The van der Waals surface area contributed by atoms with Gasteiger partial charge in [-0.2, -0.15) is 0 Å². The van der Waals surface area contributed by atoms with Crippen molar-refractivity contribution in [3.8, 4) is 5.75 Å². The number of rotatable bonds is 2. The van der Waals surface area contributed by atoms with Crippen molar-refractivity contribution in [2.24, 2.45) is 0 Å². The van der Waals surface area contributed by atoms with Crippen molar-refractivity contribution in [1.82, 2.24) is 4.98 Å². The summed E-state index contributed by atoms with van der Waals surface area (Å²) in [6, 6.07) is 2.16. The fourth-order valence-electron chi connectivity index (χ4n) is 1.49. The molecule has 2 nitrogen and oxygen atoms in total. The van der Waals surface area contributed by atoms with Crippen LogP contribution in [0.1, 0.15) is 51.8 Å². The topological polar surface area (TPSA) is 22.1 Å². The standard InChI is InChI=1S/C13H21NO/c1-9(2)10-7-12(13(3,4)5)14-8-11(10)15-6/h7-9H,1-6H3. The van der Waals surface area contributed by atoms with Gasteiger partial charge in [-0.3, -0.25) is 4.98 Å². The fraction of sp³-hybridized carbons (Fsp3) is 0.615. The number of hydrogen-bond acceptors (Lipinski definition) is 2. The van der Waals surface area contributed by atoms with E-state index in [0.717, 1.165) is 11.4 Å². The van der Waals surface area contributed by atoms with E-state index < -0.39 is 0 Å². The normalized spacial score (nSPS) is 11.9. The van der Waals surface area contributed by atoms with Gasteiger partial charge in [0.25, 0.3) is 0 Å². The van der Waals surface area contributed by atoms with Crippen molar-refractivity contribution in [3.05, 3.63) is 23.5 Å². The molecule has 0 unspecified atom stereocenters. The summed E-state index contributed by atoms with van der Waals surface area (Å²) in [5.74, 6) is 1.35. The molecular formula is C13H21NO. The molecule has 15 heavy (non-hydrogen) atoms. The fourth-order valence-corrected chi connectivity index (χ4v) is 1.49. The Morgan fingerprint density at radius 3 is 2.27 bits per heavy atom. The number of pyridine rings is 1. The quantitative estimate of drug-likeness (QED) is 0.740. The highest BCUT2D eigenvalue weighted by atomic mass is 16.5. The maximum atomic E-state index is 5.31. The van der Waals surface area contributed by atoms with Crippen molar-refractivity contribution in [2.45, 2.75) is 46.0 Å². The molecule has 0 radical (unpaired) electrons. The molecule has 1 heterocycles. The molecule has 0 N–H and O–H groups in total. The van der Waals surface area contributed by atoms with E-state index in [9.17, 15) is 0 Å². The second kappa shape index (κ2) is 4.21. The van der Waals surface area contributed by atoms with E-state index in [2.05, 4.69) is 45.7 Å². The second-order valence-corrected chi connectivity index (χ2v) is 5.22. The van der Waals surface area contributed by atoms with Crippen LogP contribution in [-0.4, -0.2) is 12.1 Å². The zero-order valence-corrected chi connectivity index (χ0v) is 10.6. The average Bonchev–Trinajstić information content (AvgIpc) is 2.15. The molecule has 1 rings (SSSR count). The molecule has 2 heteroatoms. The Hall–Kier alpha value is -1.05. The first-order valence-corrected chi connectivity index (χ1v) is 5.40. The molecule has 0 saturated heterocycles. The Bertz CT molecular complexity index is 337. The molecule has 0 bridgehead atoms. The predicted octanol–water partition coefficient (Wildman–Crippen LogP) is 3.51. The lowest BCUT2D eigenvalue weighted by Crippen LogP contribution is -2.14. The molecule has 84 valence electrons. The lowest BCUT2D eigenvalue weighted by atomic mass is 9.89. The van der Waals surface area contributed by atoms with E-state index >= 15 is 0 Å². The highest BCUT2D eigenvalue weighted by Gasteiger charge is 2.18. The summed E-state index contributed by atoms with van der Waals surface area (Å²) in [6.45, 7) is 10.9. The summed E-state index contributed by atoms with van der Waals surface area (Å²) in [5, 5.41) is 0. The van der Waals surface area contributed by atoms with Crippen molar-refractivity contribution in [2.75, 3.05) is 7.11 Å². The SMILES string of the molecule is COc1cnc(C(C)(C)C)cc1C(C)C. The molecule has 0 amide bonds. The summed E-state index contributed by atoms with van der Waals surface area (Å²) in [4.78, 5) is 4.44. The van der Waals surface area contributed by atoms with Gasteiger partial charge in [0.1, 0.15) is 5.75 Å². The van der Waals surface area contributed by atoms with Gasteiger partial charge in [0, 0.05) is 16.7 Å². The first-order chi connectivity index (χ1) is 6.86. The van der Waals surface area contributed by atoms with E-state index in [1.807, 2.05) is 6.20 Å². The number of aromatic nitrogens is 1. The number of hydrogen-bond donors (Lipinski definition) is 0. The maximum Gasteiger partial charge on any atom is 0.140 e. The molecule has 1 aromatic heterocycles. The van der Waals surface area contributed by atoms with E-state index in [-0.39, 0.29) is 5.41 Å². The zero-order valence-electron chi connectivity index (χ0n) is 10.6. The lowest BCUT2D eigenvalue weighted by Gasteiger charge is -2.20. The highest BCUT2D eigenvalue weighted by Crippen LogP contribution is 2.30. The largest absolute Gasteiger partial charge is 0.495 e. The van der Waals surface area contributed by atoms with Gasteiger partial charge in [-0.1, -0.05) is 34.6 Å². The van der Waals surface area contributed by atoms with Crippen LogP contribution in [-0.2, 0) is 5.41 Å². The summed E-state index contributed by atoms with van der Waals surface area (Å²) in [5.41, 5.74) is 2.44. The van der Waals surface area contributed by atoms with Gasteiger partial charge in [0.15, 0.2) is 0 Å². The third-order valence-electron chi connectivity index (χ3n) is 2.51. The third-order valence-corrected chi connectivity index (χ3v) is 2.51. The number of ether oxygens (including phenoxy) is 1. The Balaban J connectivity index is 3.22. The van der Waals surface area contributed by atoms with Crippen LogP contribution in [0.25, 0.3) is 0 Å². The summed E-state index contributed by atoms with van der Waals surface area (Å²) >= 11 is 0. The zero-order chi connectivity index (χ0) is 11.6. The molecule has 0 aliphatic carbocycles. The summed E-state index contributed by atoms with van der Waals surface area (Å²) < 4.78 is 5.31. The van der Waals surface area contributed by atoms with Crippen LogP contribution in [0.2, 0.25) is 0 Å². The Morgan fingerprint density at radius 1 is 1.27 bits per heavy atom. The molecule has 0 aliphatic rings. The van der Waals surface area contributed by atoms with Crippen molar-refractivity contribution in [1.29, 1.82) is 0 Å². The van der Waals surface area contributed by atoms with Gasteiger partial charge >= 0.3 is 0 Å². The molecule has 0 aromatic carbocycles. The van der Waals surface area contributed by atoms with Crippen LogP contribution in [0.4, 0.5) is 0 Å². The van der Waals surface area contributed by atoms with Crippen LogP contribution in [0, 0.1) is 0 Å². The van der Waals surface area contributed by atoms with Gasteiger partial charge < -0.3 is 4.74 Å². The van der Waals surface area contributed by atoms with Crippen LogP contribution in [0.3, 0.4) is 0 Å². The van der Waals surface area contributed by atoms with Crippen LogP contribution >= 0.6 is 0 Å². The molecule has 0 fully saturated rings. The first-order valence-electron chi connectivity index (χ1n) is 5.40. The molecule has 0 atom stereocenters. The average molecular weight is 207 g/mol. The van der Waals surface area contributed by atoms with E-state index in [0.29, 0.717) is 5.92 Å². The maximum absolute atomic E-state index is 5.31. The summed E-state index contributed by atoms with van der Waals surface area (Å²) in [7, 11) is 1.69.